The molecule has 0 spiro atoms. The third-order valence-corrected chi connectivity index (χ3v) is 7.50. The van der Waals surface area contributed by atoms with Gasteiger partial charge in [0.15, 0.2) is 0 Å². The number of para-hydroxylation sites is 1. The predicted octanol–water partition coefficient (Wildman–Crippen LogP) is 3.66. The Bertz CT molecular complexity index is 862. The van der Waals surface area contributed by atoms with E-state index >= 15 is 0 Å². The monoisotopic (exact) mass is 404 g/mol. The molecule has 1 amide bonds. The molecule has 7 heteroatoms. The Morgan fingerprint density at radius 2 is 1.70 bits per heavy atom. The van der Waals surface area contributed by atoms with E-state index in [2.05, 4.69) is 5.32 Å². The summed E-state index contributed by atoms with van der Waals surface area (Å²) in [5, 5.41) is 3.06. The van der Waals surface area contributed by atoms with Crippen molar-refractivity contribution >= 4 is 33.4 Å². The zero-order valence-corrected chi connectivity index (χ0v) is 16.9. The topological polar surface area (TPSA) is 66.5 Å². The number of carbonyl (C=O) groups excluding carboxylic acids is 1. The molecule has 0 atom stereocenters. The number of anilines is 1. The predicted molar refractivity (Wildman–Crippen MR) is 110 cm³/mol. The number of rotatable bonds is 7. The van der Waals surface area contributed by atoms with Crippen LogP contribution in [0.3, 0.4) is 0 Å². The van der Waals surface area contributed by atoms with E-state index in [9.17, 15) is 13.2 Å². The van der Waals surface area contributed by atoms with Crippen LogP contribution in [0.2, 0.25) is 0 Å². The molecule has 0 radical (unpaired) electrons. The lowest BCUT2D eigenvalue weighted by Crippen LogP contribution is -2.33. The molecular weight excluding hydrogens is 380 g/mol. The van der Waals surface area contributed by atoms with Crippen LogP contribution in [0.25, 0.3) is 0 Å². The minimum absolute atomic E-state index is 0.0346. The van der Waals surface area contributed by atoms with Gasteiger partial charge in [0.1, 0.15) is 0 Å². The lowest BCUT2D eigenvalue weighted by atomic mass is 10.2. The number of nitrogens with zero attached hydrogens (tertiary/aromatic N) is 1. The fraction of sp³-hybridized carbons (Fsp3) is 0.350. The Kier molecular flexibility index (Phi) is 6.44. The highest BCUT2D eigenvalue weighted by Crippen LogP contribution is 2.25. The van der Waals surface area contributed by atoms with Gasteiger partial charge >= 0.3 is 0 Å². The van der Waals surface area contributed by atoms with Gasteiger partial charge in [-0.3, -0.25) is 9.10 Å². The van der Waals surface area contributed by atoms with Gasteiger partial charge in [-0.2, -0.15) is 0 Å². The first-order valence-corrected chi connectivity index (χ1v) is 11.5. The van der Waals surface area contributed by atoms with Crippen molar-refractivity contribution in [3.05, 3.63) is 54.6 Å². The average molecular weight is 405 g/mol. The van der Waals surface area contributed by atoms with Gasteiger partial charge in [-0.1, -0.05) is 31.0 Å². The molecule has 2 aromatic carbocycles. The van der Waals surface area contributed by atoms with E-state index in [-0.39, 0.29) is 10.8 Å². The number of thioether (sulfide) groups is 1. The quantitative estimate of drug-likeness (QED) is 0.715. The van der Waals surface area contributed by atoms with Crippen LogP contribution in [0, 0.1) is 0 Å². The van der Waals surface area contributed by atoms with Crippen LogP contribution < -0.4 is 9.62 Å². The summed E-state index contributed by atoms with van der Waals surface area (Å²) >= 11 is 1.42. The van der Waals surface area contributed by atoms with Crippen LogP contribution in [0.5, 0.6) is 0 Å². The summed E-state index contributed by atoms with van der Waals surface area (Å²) in [5.41, 5.74) is 0.611. The SMILES string of the molecule is CN(c1ccccc1)S(=O)(=O)c1ccc(SCC(=O)NC2CCCC2)cc1. The Labute approximate surface area is 165 Å². The molecule has 27 heavy (non-hydrogen) atoms. The Morgan fingerprint density at radius 1 is 1.07 bits per heavy atom. The molecule has 144 valence electrons. The van der Waals surface area contributed by atoms with Gasteiger partial charge in [0.25, 0.3) is 10.0 Å². The van der Waals surface area contributed by atoms with Crippen molar-refractivity contribution < 1.29 is 13.2 Å². The van der Waals surface area contributed by atoms with Gasteiger partial charge in [0.2, 0.25) is 5.91 Å². The lowest BCUT2D eigenvalue weighted by molar-refractivity contribution is -0.119. The molecule has 2 aromatic rings. The molecule has 0 saturated heterocycles. The average Bonchev–Trinajstić information content (AvgIpc) is 3.19. The largest absolute Gasteiger partial charge is 0.353 e. The third-order valence-electron chi connectivity index (χ3n) is 4.69. The van der Waals surface area contributed by atoms with Crippen LogP contribution >= 0.6 is 11.8 Å². The maximum absolute atomic E-state index is 12.8. The van der Waals surface area contributed by atoms with E-state index in [1.807, 2.05) is 6.07 Å². The highest BCUT2D eigenvalue weighted by molar-refractivity contribution is 8.00. The first-order chi connectivity index (χ1) is 13.0. The number of benzene rings is 2. The molecule has 3 rings (SSSR count). The second kappa shape index (κ2) is 8.80. The van der Waals surface area contributed by atoms with E-state index in [0.717, 1.165) is 17.7 Å². The van der Waals surface area contributed by atoms with Crippen molar-refractivity contribution in [1.82, 2.24) is 5.32 Å². The molecule has 1 N–H and O–H groups in total. The Balaban J connectivity index is 1.60. The maximum Gasteiger partial charge on any atom is 0.264 e. The van der Waals surface area contributed by atoms with Crippen molar-refractivity contribution in [2.45, 2.75) is 41.5 Å². The fourth-order valence-corrected chi connectivity index (χ4v) is 5.04. The van der Waals surface area contributed by atoms with E-state index in [0.29, 0.717) is 17.5 Å². The van der Waals surface area contributed by atoms with Crippen molar-refractivity contribution in [3.63, 3.8) is 0 Å². The van der Waals surface area contributed by atoms with E-state index < -0.39 is 10.0 Å². The van der Waals surface area contributed by atoms with Crippen molar-refractivity contribution in [1.29, 1.82) is 0 Å². The molecule has 0 unspecified atom stereocenters. The smallest absolute Gasteiger partial charge is 0.264 e. The number of carbonyl (C=O) groups is 1. The van der Waals surface area contributed by atoms with Gasteiger partial charge < -0.3 is 5.32 Å². The van der Waals surface area contributed by atoms with Crippen LogP contribution in [0.15, 0.2) is 64.4 Å². The summed E-state index contributed by atoms with van der Waals surface area (Å²) < 4.78 is 26.8. The summed E-state index contributed by atoms with van der Waals surface area (Å²) in [6.45, 7) is 0. The van der Waals surface area contributed by atoms with Gasteiger partial charge in [-0.25, -0.2) is 8.42 Å². The van der Waals surface area contributed by atoms with Gasteiger partial charge in [0, 0.05) is 18.0 Å². The second-order valence-electron chi connectivity index (χ2n) is 6.62. The summed E-state index contributed by atoms with van der Waals surface area (Å²) in [7, 11) is -2.07. The van der Waals surface area contributed by atoms with Crippen LogP contribution in [-0.4, -0.2) is 33.2 Å². The van der Waals surface area contributed by atoms with E-state index in [4.69, 9.17) is 0 Å². The highest BCUT2D eigenvalue weighted by Gasteiger charge is 2.21. The van der Waals surface area contributed by atoms with E-state index in [1.165, 1.54) is 28.9 Å². The standard InChI is InChI=1S/C20H24N2O3S2/c1-22(17-9-3-2-4-10-17)27(24,25)19-13-11-18(12-14-19)26-15-20(23)21-16-7-5-6-8-16/h2-4,9-14,16H,5-8,15H2,1H3,(H,21,23). The first kappa shape index (κ1) is 19.8. The molecule has 0 aromatic heterocycles. The van der Waals surface area contributed by atoms with Gasteiger partial charge in [-0.05, 0) is 49.2 Å². The summed E-state index contributed by atoms with van der Waals surface area (Å²) in [6, 6.07) is 16.0. The number of hydrogen-bond donors (Lipinski definition) is 1. The van der Waals surface area contributed by atoms with Crippen molar-refractivity contribution in [2.24, 2.45) is 0 Å². The van der Waals surface area contributed by atoms with E-state index in [1.54, 1.807) is 55.6 Å². The minimum atomic E-state index is -3.61. The molecular formula is C20H24N2O3S2. The molecule has 1 aliphatic rings. The van der Waals surface area contributed by atoms with Gasteiger partial charge in [0.05, 0.1) is 16.3 Å². The zero-order chi connectivity index (χ0) is 19.3. The second-order valence-corrected chi connectivity index (χ2v) is 9.64. The number of nitrogens with one attached hydrogen (secondary N) is 1. The minimum Gasteiger partial charge on any atom is -0.353 e. The van der Waals surface area contributed by atoms with Crippen LogP contribution in [0.4, 0.5) is 5.69 Å². The first-order valence-electron chi connectivity index (χ1n) is 9.03. The summed E-state index contributed by atoms with van der Waals surface area (Å²) in [6.07, 6.45) is 4.51. The molecule has 0 aliphatic heterocycles. The molecule has 0 heterocycles. The maximum atomic E-state index is 12.8. The lowest BCUT2D eigenvalue weighted by Gasteiger charge is -2.19. The Hall–Kier alpha value is -1.99. The Morgan fingerprint density at radius 3 is 2.33 bits per heavy atom. The zero-order valence-electron chi connectivity index (χ0n) is 15.3. The van der Waals surface area contributed by atoms with Crippen LogP contribution in [-0.2, 0) is 14.8 Å². The van der Waals surface area contributed by atoms with Crippen molar-refractivity contribution in [3.8, 4) is 0 Å². The molecule has 5 nitrogen and oxygen atoms in total. The number of hydrogen-bond acceptors (Lipinski definition) is 4. The molecule has 1 saturated carbocycles. The molecule has 1 aliphatic carbocycles. The fourth-order valence-electron chi connectivity index (χ4n) is 3.13. The molecule has 1 fully saturated rings. The van der Waals surface area contributed by atoms with Crippen molar-refractivity contribution in [2.75, 3.05) is 17.1 Å². The normalized spacial score (nSPS) is 14.9. The number of amides is 1. The highest BCUT2D eigenvalue weighted by atomic mass is 32.2. The number of sulfonamides is 1. The summed E-state index contributed by atoms with van der Waals surface area (Å²) in [5.74, 6) is 0.374. The van der Waals surface area contributed by atoms with Crippen LogP contribution in [0.1, 0.15) is 25.7 Å². The third kappa shape index (κ3) is 5.05. The summed E-state index contributed by atoms with van der Waals surface area (Å²) in [4.78, 5) is 13.1. The molecule has 0 bridgehead atoms. The van der Waals surface area contributed by atoms with Gasteiger partial charge in [-0.15, -0.1) is 11.8 Å².